The molecule has 1 aromatic carbocycles. The maximum atomic E-state index is 11.8. The highest BCUT2D eigenvalue weighted by molar-refractivity contribution is 5.85. The van der Waals surface area contributed by atoms with Crippen LogP contribution in [0.1, 0.15) is 31.4 Å². The second kappa shape index (κ2) is 8.44. The van der Waals surface area contributed by atoms with Crippen molar-refractivity contribution in [3.8, 4) is 5.69 Å². The number of rotatable bonds is 6. The Morgan fingerprint density at radius 3 is 2.81 bits per heavy atom. The third-order valence-corrected chi connectivity index (χ3v) is 3.14. The van der Waals surface area contributed by atoms with Crippen molar-refractivity contribution in [1.82, 2.24) is 15.1 Å². The monoisotopic (exact) mass is 308 g/mol. The average molecular weight is 309 g/mol. The summed E-state index contributed by atoms with van der Waals surface area (Å²) in [5.41, 5.74) is 7.43. The number of amides is 1. The molecule has 0 aliphatic rings. The number of benzene rings is 1. The Balaban J connectivity index is 0.00000220. The largest absolute Gasteiger partial charge is 0.350 e. The number of hydrogen-bond acceptors (Lipinski definition) is 3. The van der Waals surface area contributed by atoms with Crippen molar-refractivity contribution in [3.05, 3.63) is 48.3 Å². The number of aromatic nitrogens is 2. The number of nitrogens with one attached hydrogen (secondary N) is 1. The number of carbonyl (C=O) groups is 1. The number of nitrogens with two attached hydrogens (primary N) is 1. The summed E-state index contributed by atoms with van der Waals surface area (Å²) in [5.74, 6) is 0.0261. The van der Waals surface area contributed by atoms with Crippen molar-refractivity contribution in [2.75, 3.05) is 6.54 Å². The van der Waals surface area contributed by atoms with E-state index in [-0.39, 0.29) is 24.4 Å². The van der Waals surface area contributed by atoms with Crippen molar-refractivity contribution < 1.29 is 4.79 Å². The van der Waals surface area contributed by atoms with E-state index in [0.29, 0.717) is 19.4 Å². The zero-order valence-electron chi connectivity index (χ0n) is 12.0. The van der Waals surface area contributed by atoms with E-state index in [0.717, 1.165) is 11.3 Å². The molecule has 1 unspecified atom stereocenters. The van der Waals surface area contributed by atoms with Crippen molar-refractivity contribution in [3.63, 3.8) is 0 Å². The molecule has 0 spiro atoms. The van der Waals surface area contributed by atoms with Crippen molar-refractivity contribution in [2.24, 2.45) is 5.73 Å². The molecular formula is C15H21ClN4O. The van der Waals surface area contributed by atoms with E-state index >= 15 is 0 Å². The Morgan fingerprint density at radius 1 is 1.38 bits per heavy atom. The second-order valence-electron chi connectivity index (χ2n) is 4.69. The zero-order chi connectivity index (χ0) is 14.4. The van der Waals surface area contributed by atoms with Crippen LogP contribution in [0, 0.1) is 0 Å². The molecule has 3 N–H and O–H groups in total. The highest BCUT2D eigenvalue weighted by atomic mass is 35.5. The van der Waals surface area contributed by atoms with E-state index < -0.39 is 0 Å². The van der Waals surface area contributed by atoms with E-state index in [4.69, 9.17) is 5.73 Å². The maximum absolute atomic E-state index is 11.8. The van der Waals surface area contributed by atoms with E-state index in [9.17, 15) is 4.79 Å². The Hall–Kier alpha value is -1.85. The number of carbonyl (C=O) groups excluding carboxylic acids is 1. The smallest absolute Gasteiger partial charge is 0.220 e. The molecule has 1 amide bonds. The van der Waals surface area contributed by atoms with Gasteiger partial charge in [0.05, 0.1) is 11.7 Å². The fourth-order valence-electron chi connectivity index (χ4n) is 2.13. The highest BCUT2D eigenvalue weighted by Crippen LogP contribution is 2.20. The minimum absolute atomic E-state index is 0. The lowest BCUT2D eigenvalue weighted by Gasteiger charge is -2.18. The molecule has 0 aliphatic carbocycles. The molecule has 0 fully saturated rings. The summed E-state index contributed by atoms with van der Waals surface area (Å²) in [5, 5.41) is 7.24. The van der Waals surface area contributed by atoms with Crippen LogP contribution in [0.3, 0.4) is 0 Å². The van der Waals surface area contributed by atoms with Gasteiger partial charge in [0.2, 0.25) is 5.91 Å². The quantitative estimate of drug-likeness (QED) is 0.859. The van der Waals surface area contributed by atoms with Crippen molar-refractivity contribution in [2.45, 2.75) is 25.8 Å². The van der Waals surface area contributed by atoms with Crippen molar-refractivity contribution >= 4 is 18.3 Å². The average Bonchev–Trinajstić information content (AvgIpc) is 2.99. The van der Waals surface area contributed by atoms with Crippen LogP contribution in [-0.2, 0) is 4.79 Å². The first kappa shape index (κ1) is 17.2. The fraction of sp³-hybridized carbons (Fsp3) is 0.333. The van der Waals surface area contributed by atoms with E-state index in [1.54, 1.807) is 10.9 Å². The van der Waals surface area contributed by atoms with Gasteiger partial charge >= 0.3 is 0 Å². The lowest BCUT2D eigenvalue weighted by Crippen LogP contribution is -2.27. The van der Waals surface area contributed by atoms with Gasteiger partial charge in [-0.3, -0.25) is 4.79 Å². The van der Waals surface area contributed by atoms with Gasteiger partial charge in [0.1, 0.15) is 0 Å². The number of halogens is 1. The first-order valence-corrected chi connectivity index (χ1v) is 6.80. The topological polar surface area (TPSA) is 72.9 Å². The second-order valence-corrected chi connectivity index (χ2v) is 4.69. The summed E-state index contributed by atoms with van der Waals surface area (Å²) < 4.78 is 1.80. The molecule has 1 heterocycles. The van der Waals surface area contributed by atoms with Crippen LogP contribution in [0.25, 0.3) is 5.69 Å². The standard InChI is InChI=1S/C15H20N4O.ClH/c1-12(18-15(20)8-4-9-16)13-6-2-3-7-14(13)19-11-5-10-17-19;/h2-3,5-7,10-12H,4,8-9,16H2,1H3,(H,18,20);1H. The van der Waals surface area contributed by atoms with Crippen LogP contribution in [0.2, 0.25) is 0 Å². The maximum Gasteiger partial charge on any atom is 0.220 e. The number of nitrogens with zero attached hydrogens (tertiary/aromatic N) is 2. The van der Waals surface area contributed by atoms with Gasteiger partial charge in [-0.25, -0.2) is 4.68 Å². The lowest BCUT2D eigenvalue weighted by molar-refractivity contribution is -0.121. The van der Waals surface area contributed by atoms with Crippen molar-refractivity contribution in [1.29, 1.82) is 0 Å². The van der Waals surface area contributed by atoms with E-state index in [2.05, 4.69) is 10.4 Å². The molecule has 2 rings (SSSR count). The van der Waals surface area contributed by atoms with Gasteiger partial charge in [0.15, 0.2) is 0 Å². The van der Waals surface area contributed by atoms with Crippen LogP contribution >= 0.6 is 12.4 Å². The van der Waals surface area contributed by atoms with Gasteiger partial charge in [-0.05, 0) is 37.6 Å². The Bertz CT molecular complexity index is 557. The Kier molecular flexibility index (Phi) is 6.91. The minimum Gasteiger partial charge on any atom is -0.350 e. The summed E-state index contributed by atoms with van der Waals surface area (Å²) in [7, 11) is 0. The molecule has 1 aromatic heterocycles. The summed E-state index contributed by atoms with van der Waals surface area (Å²) in [6.07, 6.45) is 4.80. The van der Waals surface area contributed by atoms with Crippen LogP contribution in [-0.4, -0.2) is 22.2 Å². The number of para-hydroxylation sites is 1. The molecule has 0 bridgehead atoms. The molecule has 0 saturated carbocycles. The van der Waals surface area contributed by atoms with Gasteiger partial charge in [-0.2, -0.15) is 5.10 Å². The molecule has 0 saturated heterocycles. The van der Waals surface area contributed by atoms with Crippen LogP contribution in [0.4, 0.5) is 0 Å². The summed E-state index contributed by atoms with van der Waals surface area (Å²) in [4.78, 5) is 11.8. The van der Waals surface area contributed by atoms with Gasteiger partial charge in [0, 0.05) is 18.8 Å². The summed E-state index contributed by atoms with van der Waals surface area (Å²) in [6.45, 7) is 2.51. The highest BCUT2D eigenvalue weighted by Gasteiger charge is 2.13. The molecule has 0 aliphatic heterocycles. The van der Waals surface area contributed by atoms with Crippen LogP contribution in [0.15, 0.2) is 42.7 Å². The third kappa shape index (κ3) is 4.58. The molecule has 21 heavy (non-hydrogen) atoms. The number of hydrogen-bond donors (Lipinski definition) is 2. The summed E-state index contributed by atoms with van der Waals surface area (Å²) >= 11 is 0. The van der Waals surface area contributed by atoms with Gasteiger partial charge in [-0.15, -0.1) is 12.4 Å². The first-order chi connectivity index (χ1) is 9.72. The molecule has 5 nitrogen and oxygen atoms in total. The first-order valence-electron chi connectivity index (χ1n) is 6.80. The molecule has 114 valence electrons. The molecular weight excluding hydrogens is 288 g/mol. The van der Waals surface area contributed by atoms with Crippen LogP contribution in [0.5, 0.6) is 0 Å². The predicted octanol–water partition coefficient (Wildman–Crippen LogP) is 2.21. The third-order valence-electron chi connectivity index (χ3n) is 3.14. The SMILES string of the molecule is CC(NC(=O)CCCN)c1ccccc1-n1cccn1.Cl. The Morgan fingerprint density at radius 2 is 2.14 bits per heavy atom. The zero-order valence-corrected chi connectivity index (χ0v) is 12.8. The van der Waals surface area contributed by atoms with Gasteiger partial charge in [-0.1, -0.05) is 18.2 Å². The fourth-order valence-corrected chi connectivity index (χ4v) is 2.13. The van der Waals surface area contributed by atoms with E-state index in [1.807, 2.05) is 43.5 Å². The molecule has 6 heteroatoms. The minimum atomic E-state index is -0.0688. The Labute approximate surface area is 130 Å². The predicted molar refractivity (Wildman–Crippen MR) is 85.7 cm³/mol. The lowest BCUT2D eigenvalue weighted by atomic mass is 10.1. The molecule has 2 aromatic rings. The van der Waals surface area contributed by atoms with Gasteiger partial charge in [0.25, 0.3) is 0 Å². The van der Waals surface area contributed by atoms with E-state index in [1.165, 1.54) is 0 Å². The van der Waals surface area contributed by atoms with Crippen LogP contribution < -0.4 is 11.1 Å². The van der Waals surface area contributed by atoms with Gasteiger partial charge < -0.3 is 11.1 Å². The normalized spacial score (nSPS) is 11.5. The molecule has 0 radical (unpaired) electrons. The summed E-state index contributed by atoms with van der Waals surface area (Å²) in [6, 6.07) is 9.73. The molecule has 1 atom stereocenters.